The van der Waals surface area contributed by atoms with E-state index in [4.69, 9.17) is 4.52 Å². The van der Waals surface area contributed by atoms with Gasteiger partial charge < -0.3 is 19.8 Å². The second kappa shape index (κ2) is 11.3. The lowest BCUT2D eigenvalue weighted by atomic mass is 9.87. The summed E-state index contributed by atoms with van der Waals surface area (Å²) < 4.78 is 5.38. The first kappa shape index (κ1) is 27.4. The monoisotopic (exact) mass is 563 g/mol. The maximum atomic E-state index is 13.6. The van der Waals surface area contributed by atoms with Gasteiger partial charge in [-0.15, -0.1) is 0 Å². The number of carbonyl (C=O) groups is 3. The molecule has 0 bridgehead atoms. The number of hydrogen-bond donors (Lipinski definition) is 2. The summed E-state index contributed by atoms with van der Waals surface area (Å²) in [6.07, 6.45) is 2.92. The van der Waals surface area contributed by atoms with Crippen molar-refractivity contribution in [3.05, 3.63) is 112 Å². The van der Waals surface area contributed by atoms with Crippen LogP contribution in [0.1, 0.15) is 80.8 Å². The zero-order valence-corrected chi connectivity index (χ0v) is 23.7. The highest BCUT2D eigenvalue weighted by Crippen LogP contribution is 2.47. The smallest absolute Gasteiger partial charge is 0.335 e. The van der Waals surface area contributed by atoms with Crippen LogP contribution in [0.4, 0.5) is 0 Å². The second-order valence-electron chi connectivity index (χ2n) is 11.4. The molecule has 1 aromatic heterocycles. The summed E-state index contributed by atoms with van der Waals surface area (Å²) in [6.45, 7) is 5.13. The first-order valence-electron chi connectivity index (χ1n) is 14.4. The average Bonchev–Trinajstić information content (AvgIpc) is 3.66. The Bertz CT molecular complexity index is 1660. The van der Waals surface area contributed by atoms with E-state index in [-0.39, 0.29) is 35.1 Å². The van der Waals surface area contributed by atoms with E-state index in [0.29, 0.717) is 37.4 Å². The Hall–Kier alpha value is -4.72. The number of amides is 2. The topological polar surface area (TPSA) is 113 Å². The van der Waals surface area contributed by atoms with Gasteiger partial charge in [-0.05, 0) is 64.3 Å². The highest BCUT2D eigenvalue weighted by molar-refractivity contribution is 5.95. The molecule has 0 spiro atoms. The van der Waals surface area contributed by atoms with E-state index >= 15 is 0 Å². The van der Waals surface area contributed by atoms with Gasteiger partial charge in [0.05, 0.1) is 11.8 Å². The number of aromatic carboxylic acids is 1. The van der Waals surface area contributed by atoms with Crippen molar-refractivity contribution in [1.29, 1.82) is 0 Å². The summed E-state index contributed by atoms with van der Waals surface area (Å²) in [5.74, 6) is -0.295. The molecule has 1 aliphatic carbocycles. The van der Waals surface area contributed by atoms with Gasteiger partial charge in [0.1, 0.15) is 5.56 Å². The zero-order chi connectivity index (χ0) is 29.4. The fourth-order valence-corrected chi connectivity index (χ4v) is 6.03. The number of nitrogens with one attached hydrogen (secondary N) is 1. The van der Waals surface area contributed by atoms with Crippen LogP contribution in [-0.4, -0.2) is 39.5 Å². The van der Waals surface area contributed by atoms with Crippen LogP contribution in [0.15, 0.2) is 77.4 Å². The number of benzene rings is 3. The fourth-order valence-electron chi connectivity index (χ4n) is 6.03. The molecule has 1 aliphatic heterocycles. The highest BCUT2D eigenvalue weighted by Gasteiger charge is 2.43. The van der Waals surface area contributed by atoms with Gasteiger partial charge in [0, 0.05) is 31.5 Å². The van der Waals surface area contributed by atoms with Crippen molar-refractivity contribution in [2.75, 3.05) is 6.54 Å². The molecule has 2 aliphatic rings. The summed E-state index contributed by atoms with van der Waals surface area (Å²) >= 11 is 0. The van der Waals surface area contributed by atoms with Gasteiger partial charge in [0.15, 0.2) is 5.76 Å². The van der Waals surface area contributed by atoms with Gasteiger partial charge in [0.2, 0.25) is 5.91 Å². The molecule has 0 radical (unpaired) electrons. The van der Waals surface area contributed by atoms with Crippen LogP contribution < -0.4 is 5.32 Å². The Morgan fingerprint density at radius 3 is 2.62 bits per heavy atom. The number of nitrogens with zero attached hydrogens (tertiary/aromatic N) is 2. The van der Waals surface area contributed by atoms with Crippen LogP contribution in [0.5, 0.6) is 0 Å². The lowest BCUT2D eigenvalue weighted by Crippen LogP contribution is -2.37. The molecule has 8 heteroatoms. The number of rotatable bonds is 8. The molecule has 2 heterocycles. The molecular weight excluding hydrogens is 530 g/mol. The van der Waals surface area contributed by atoms with Crippen molar-refractivity contribution in [2.24, 2.45) is 5.92 Å². The van der Waals surface area contributed by atoms with E-state index in [9.17, 15) is 19.5 Å². The molecule has 3 aromatic carbocycles. The lowest BCUT2D eigenvalue weighted by Gasteiger charge is -2.32. The Labute approximate surface area is 244 Å². The number of carbonyl (C=O) groups excluding carboxylic acids is 2. The fraction of sp³-hybridized carbons (Fsp3) is 0.294. The number of aromatic nitrogens is 1. The number of fused-ring (bicyclic) bond motifs is 1. The third kappa shape index (κ3) is 5.32. The maximum Gasteiger partial charge on any atom is 0.335 e. The molecule has 6 rings (SSSR count). The molecule has 4 aromatic rings. The Morgan fingerprint density at radius 1 is 1.05 bits per heavy atom. The molecule has 2 atom stereocenters. The van der Waals surface area contributed by atoms with Crippen LogP contribution in [-0.2, 0) is 24.3 Å². The molecule has 0 saturated heterocycles. The van der Waals surface area contributed by atoms with Gasteiger partial charge in [-0.1, -0.05) is 73.6 Å². The normalized spacial score (nSPS) is 17.5. The van der Waals surface area contributed by atoms with E-state index in [1.165, 1.54) is 11.8 Å². The summed E-state index contributed by atoms with van der Waals surface area (Å²) in [7, 11) is 0. The lowest BCUT2D eigenvalue weighted by molar-refractivity contribution is -0.122. The van der Waals surface area contributed by atoms with Crippen LogP contribution in [0.2, 0.25) is 0 Å². The SMILES string of the molecule is CC(C)c1oncc1C(=O)N1CCc2c(-c3cccc(C(=O)O)c3)ccc(CNC(=O)[C@@H]3C[C@@H]3c3ccccc3)c2C1. The quantitative estimate of drug-likeness (QED) is 0.281. The minimum absolute atomic E-state index is 0.0181. The minimum atomic E-state index is -0.981. The molecule has 1 fully saturated rings. The van der Waals surface area contributed by atoms with E-state index in [1.807, 2.05) is 50.2 Å². The van der Waals surface area contributed by atoms with Gasteiger partial charge in [-0.25, -0.2) is 4.79 Å². The van der Waals surface area contributed by atoms with E-state index in [1.54, 1.807) is 23.1 Å². The third-order valence-corrected chi connectivity index (χ3v) is 8.38. The Balaban J connectivity index is 1.29. The summed E-state index contributed by atoms with van der Waals surface area (Å²) in [5, 5.41) is 16.6. The van der Waals surface area contributed by atoms with Gasteiger partial charge in [0.25, 0.3) is 5.91 Å². The van der Waals surface area contributed by atoms with E-state index < -0.39 is 5.97 Å². The summed E-state index contributed by atoms with van der Waals surface area (Å²) in [5.41, 5.74) is 6.61. The molecule has 8 nitrogen and oxygen atoms in total. The first-order chi connectivity index (χ1) is 20.3. The molecule has 0 unspecified atom stereocenters. The number of hydrogen-bond acceptors (Lipinski definition) is 5. The molecule has 42 heavy (non-hydrogen) atoms. The molecular formula is C34H33N3O5. The van der Waals surface area contributed by atoms with Crippen LogP contribution in [0, 0.1) is 5.92 Å². The largest absolute Gasteiger partial charge is 0.478 e. The number of carboxylic acid groups (broad SMARTS) is 1. The Kier molecular flexibility index (Phi) is 7.37. The molecule has 2 N–H and O–H groups in total. The maximum absolute atomic E-state index is 13.6. The third-order valence-electron chi connectivity index (χ3n) is 8.38. The van der Waals surface area contributed by atoms with Gasteiger partial charge in [-0.2, -0.15) is 0 Å². The summed E-state index contributed by atoms with van der Waals surface area (Å²) in [6, 6.07) is 21.0. The summed E-state index contributed by atoms with van der Waals surface area (Å²) in [4.78, 5) is 40.2. The number of carboxylic acids is 1. The predicted molar refractivity (Wildman–Crippen MR) is 157 cm³/mol. The van der Waals surface area contributed by atoms with Crippen molar-refractivity contribution in [3.63, 3.8) is 0 Å². The van der Waals surface area contributed by atoms with Crippen molar-refractivity contribution in [1.82, 2.24) is 15.4 Å². The van der Waals surface area contributed by atoms with Gasteiger partial charge in [-0.3, -0.25) is 9.59 Å². The molecule has 2 amide bonds. The predicted octanol–water partition coefficient (Wildman–Crippen LogP) is 5.78. The second-order valence-corrected chi connectivity index (χ2v) is 11.4. The van der Waals surface area contributed by atoms with Crippen molar-refractivity contribution >= 4 is 17.8 Å². The standard InChI is InChI=1S/C34H33N3O5/c1-20(2)31-29(18-36-42-31)33(39)37-14-13-26-25(22-9-6-10-23(15-22)34(40)41)12-11-24(30(26)19-37)17-35-32(38)28-16-27(28)21-7-4-3-5-8-21/h3-12,15,18,20,27-28H,13-14,16-17,19H2,1-2H3,(H,35,38)(H,40,41)/t27-,28-/m1/s1. The van der Waals surface area contributed by atoms with Crippen LogP contribution >= 0.6 is 0 Å². The molecule has 214 valence electrons. The average molecular weight is 564 g/mol. The van der Waals surface area contributed by atoms with Crippen molar-refractivity contribution in [3.8, 4) is 11.1 Å². The minimum Gasteiger partial charge on any atom is -0.478 e. The van der Waals surface area contributed by atoms with Crippen molar-refractivity contribution < 1.29 is 24.0 Å². The van der Waals surface area contributed by atoms with Gasteiger partial charge >= 0.3 is 5.97 Å². The van der Waals surface area contributed by atoms with E-state index in [0.717, 1.165) is 34.2 Å². The van der Waals surface area contributed by atoms with Crippen molar-refractivity contribution in [2.45, 2.75) is 51.6 Å². The zero-order valence-electron chi connectivity index (χ0n) is 23.7. The molecule has 1 saturated carbocycles. The highest BCUT2D eigenvalue weighted by atomic mass is 16.5. The first-order valence-corrected chi connectivity index (χ1v) is 14.4. The van der Waals surface area contributed by atoms with E-state index in [2.05, 4.69) is 22.6 Å². The van der Waals surface area contributed by atoms with Crippen LogP contribution in [0.25, 0.3) is 11.1 Å². The van der Waals surface area contributed by atoms with Crippen LogP contribution in [0.3, 0.4) is 0 Å². The Morgan fingerprint density at radius 2 is 1.86 bits per heavy atom.